The van der Waals surface area contributed by atoms with E-state index in [2.05, 4.69) is 25.9 Å². The van der Waals surface area contributed by atoms with Crippen molar-refractivity contribution in [3.05, 3.63) is 11.9 Å². The quantitative estimate of drug-likeness (QED) is 0.321. The van der Waals surface area contributed by atoms with E-state index in [0.717, 1.165) is 0 Å². The molecule has 1 heterocycles. The molecule has 2 amide bonds. The summed E-state index contributed by atoms with van der Waals surface area (Å²) in [5.74, 6) is -0.578. The molecule has 6 N–H and O–H groups in total. The highest BCUT2D eigenvalue weighted by atomic mass is 32.1. The Morgan fingerprint density at radius 1 is 1.38 bits per heavy atom. The normalized spacial score (nSPS) is 11.6. The predicted octanol–water partition coefficient (Wildman–Crippen LogP) is 1.32. The number of nitrogens with two attached hydrogens (primary N) is 1. The van der Waals surface area contributed by atoms with E-state index in [-0.39, 0.29) is 29.7 Å². The Hall–Kier alpha value is -2.62. The first-order valence-corrected chi connectivity index (χ1v) is 8.61. The monoisotopic (exact) mass is 379 g/mol. The summed E-state index contributed by atoms with van der Waals surface area (Å²) in [4.78, 5) is 32.3. The molecule has 0 aliphatic heterocycles. The van der Waals surface area contributed by atoms with Crippen LogP contribution in [0.15, 0.2) is 6.20 Å². The number of hydrogen-bond acceptors (Lipinski definition) is 7. The Kier molecular flexibility index (Phi) is 8.04. The molecule has 1 atom stereocenters. The molecule has 0 saturated carbocycles. The second kappa shape index (κ2) is 9.76. The van der Waals surface area contributed by atoms with E-state index in [1.165, 1.54) is 13.2 Å². The van der Waals surface area contributed by atoms with Crippen LogP contribution in [0.25, 0.3) is 0 Å². The first-order chi connectivity index (χ1) is 12.2. The van der Waals surface area contributed by atoms with Crippen LogP contribution in [0.3, 0.4) is 0 Å². The molecule has 142 valence electrons. The minimum Gasteiger partial charge on any atom is -0.368 e. The summed E-state index contributed by atoms with van der Waals surface area (Å²) in [6, 6.07) is -0.636. The summed E-state index contributed by atoms with van der Waals surface area (Å²) in [7, 11) is 1.48. The third-order valence-corrected chi connectivity index (χ3v) is 3.80. The van der Waals surface area contributed by atoms with Gasteiger partial charge in [0.05, 0.1) is 11.2 Å². The average Bonchev–Trinajstić information content (AvgIpc) is 2.58. The van der Waals surface area contributed by atoms with Crippen LogP contribution in [0.1, 0.15) is 44.1 Å². The summed E-state index contributed by atoms with van der Waals surface area (Å²) in [6.07, 6.45) is 2.19. The van der Waals surface area contributed by atoms with E-state index in [9.17, 15) is 9.59 Å². The maximum atomic E-state index is 12.0. The van der Waals surface area contributed by atoms with Crippen molar-refractivity contribution >= 4 is 46.4 Å². The maximum absolute atomic E-state index is 12.0. The van der Waals surface area contributed by atoms with Crippen LogP contribution in [0.5, 0.6) is 0 Å². The zero-order chi connectivity index (χ0) is 19.9. The van der Waals surface area contributed by atoms with Crippen molar-refractivity contribution in [3.8, 4) is 0 Å². The Bertz CT molecular complexity index is 706. The van der Waals surface area contributed by atoms with Crippen LogP contribution in [0.4, 0.5) is 11.6 Å². The molecule has 0 aliphatic carbocycles. The number of carbonyl (C=O) groups excluding carboxylic acids is 2. The molecule has 0 fully saturated rings. The minimum atomic E-state index is -0.636. The highest BCUT2D eigenvalue weighted by Crippen LogP contribution is 2.17. The van der Waals surface area contributed by atoms with Crippen LogP contribution in [-0.4, -0.2) is 45.6 Å². The Balaban J connectivity index is 3.14. The van der Waals surface area contributed by atoms with Gasteiger partial charge in [-0.2, -0.15) is 0 Å². The van der Waals surface area contributed by atoms with E-state index in [0.29, 0.717) is 17.1 Å². The molecule has 1 rings (SSSR count). The number of nitrogens with one attached hydrogen (secondary N) is 4. The fourth-order valence-electron chi connectivity index (χ4n) is 2.05. The molecule has 1 aromatic rings. The van der Waals surface area contributed by atoms with Gasteiger partial charge in [-0.15, -0.1) is 0 Å². The summed E-state index contributed by atoms with van der Waals surface area (Å²) < 4.78 is 0. The number of amides is 2. The number of rotatable bonds is 9. The molecule has 0 aliphatic rings. The lowest BCUT2D eigenvalue weighted by Gasteiger charge is -2.20. The molecule has 0 spiro atoms. The molecule has 0 aromatic carbocycles. The number of anilines is 2. The summed E-state index contributed by atoms with van der Waals surface area (Å²) in [5.41, 5.74) is 5.92. The third kappa shape index (κ3) is 6.03. The summed E-state index contributed by atoms with van der Waals surface area (Å²) in [6.45, 7) is 5.56. The van der Waals surface area contributed by atoms with Gasteiger partial charge in [-0.3, -0.25) is 9.59 Å². The van der Waals surface area contributed by atoms with Crippen LogP contribution in [0, 0.1) is 11.3 Å². The van der Waals surface area contributed by atoms with Crippen LogP contribution < -0.4 is 21.7 Å². The number of carbonyl (C=O) groups is 2. The van der Waals surface area contributed by atoms with Crippen molar-refractivity contribution in [2.75, 3.05) is 17.7 Å². The van der Waals surface area contributed by atoms with Crippen molar-refractivity contribution in [2.24, 2.45) is 11.7 Å². The van der Waals surface area contributed by atoms with Gasteiger partial charge in [0, 0.05) is 19.2 Å². The van der Waals surface area contributed by atoms with Crippen molar-refractivity contribution in [1.82, 2.24) is 15.3 Å². The summed E-state index contributed by atoms with van der Waals surface area (Å²) in [5, 5.41) is 16.0. The third-order valence-electron chi connectivity index (χ3n) is 3.55. The van der Waals surface area contributed by atoms with E-state index >= 15 is 0 Å². The van der Waals surface area contributed by atoms with Gasteiger partial charge in [0.2, 0.25) is 5.91 Å². The average molecular weight is 379 g/mol. The molecule has 10 heteroatoms. The zero-order valence-electron chi connectivity index (χ0n) is 15.3. The molecule has 1 aromatic heterocycles. The lowest BCUT2D eigenvalue weighted by atomic mass is 10.0. The van der Waals surface area contributed by atoms with Crippen LogP contribution in [0.2, 0.25) is 0 Å². The fourth-order valence-corrected chi connectivity index (χ4v) is 2.32. The second-order valence-electron chi connectivity index (χ2n) is 5.98. The second-order valence-corrected chi connectivity index (χ2v) is 6.47. The number of nitrogens with zero attached hydrogens (tertiary/aromatic N) is 2. The molecule has 26 heavy (non-hydrogen) atoms. The van der Waals surface area contributed by atoms with Gasteiger partial charge in [0.15, 0.2) is 11.5 Å². The van der Waals surface area contributed by atoms with Crippen molar-refractivity contribution < 1.29 is 9.59 Å². The molecular weight excluding hydrogens is 354 g/mol. The van der Waals surface area contributed by atoms with E-state index in [4.69, 9.17) is 23.4 Å². The van der Waals surface area contributed by atoms with Gasteiger partial charge in [-0.05, 0) is 12.3 Å². The van der Waals surface area contributed by atoms with Gasteiger partial charge >= 0.3 is 0 Å². The Morgan fingerprint density at radius 2 is 2.04 bits per heavy atom. The zero-order valence-corrected chi connectivity index (χ0v) is 16.2. The van der Waals surface area contributed by atoms with E-state index < -0.39 is 17.9 Å². The minimum absolute atomic E-state index is 0.0589. The molecule has 9 nitrogen and oxygen atoms in total. The first kappa shape index (κ1) is 21.4. The van der Waals surface area contributed by atoms with Gasteiger partial charge < -0.3 is 27.1 Å². The SMILES string of the molecule is CCC(=N)CC(=S)Nc1nc(NC(C(N)=O)C(C)C)cnc1C(=O)NC. The van der Waals surface area contributed by atoms with Gasteiger partial charge in [-0.1, -0.05) is 33.0 Å². The topological polar surface area (TPSA) is 146 Å². The van der Waals surface area contributed by atoms with Gasteiger partial charge in [0.25, 0.3) is 5.91 Å². The summed E-state index contributed by atoms with van der Waals surface area (Å²) >= 11 is 5.23. The van der Waals surface area contributed by atoms with E-state index in [1.807, 2.05) is 20.8 Å². The highest BCUT2D eigenvalue weighted by molar-refractivity contribution is 7.80. The molecule has 1 unspecified atom stereocenters. The van der Waals surface area contributed by atoms with Gasteiger partial charge in [0.1, 0.15) is 11.9 Å². The number of aromatic nitrogens is 2. The van der Waals surface area contributed by atoms with Crippen LogP contribution in [-0.2, 0) is 4.79 Å². The lowest BCUT2D eigenvalue weighted by Crippen LogP contribution is -2.40. The standard InChI is InChI=1S/C16H25N7O2S/c1-5-9(17)6-11(26)23-15-13(16(25)19-4)20-7-10(22-15)21-12(8(2)3)14(18)24/h7-8,12,17H,5-6H2,1-4H3,(H2,18,24)(H,19,25)(H2,21,22,23,26). The van der Waals surface area contributed by atoms with Crippen molar-refractivity contribution in [1.29, 1.82) is 5.41 Å². The van der Waals surface area contributed by atoms with Crippen LogP contribution >= 0.6 is 12.2 Å². The van der Waals surface area contributed by atoms with Gasteiger partial charge in [-0.25, -0.2) is 9.97 Å². The molecule has 0 saturated heterocycles. The van der Waals surface area contributed by atoms with E-state index in [1.54, 1.807) is 0 Å². The Morgan fingerprint density at radius 3 is 2.54 bits per heavy atom. The molecule has 0 bridgehead atoms. The first-order valence-electron chi connectivity index (χ1n) is 8.20. The molecule has 0 radical (unpaired) electrons. The van der Waals surface area contributed by atoms with Crippen molar-refractivity contribution in [2.45, 2.75) is 39.7 Å². The van der Waals surface area contributed by atoms with Crippen molar-refractivity contribution in [3.63, 3.8) is 0 Å². The molecular formula is C16H25N7O2S. The Labute approximate surface area is 158 Å². The highest BCUT2D eigenvalue weighted by Gasteiger charge is 2.22. The smallest absolute Gasteiger partial charge is 0.273 e. The number of primary amides is 1. The maximum Gasteiger partial charge on any atom is 0.273 e. The lowest BCUT2D eigenvalue weighted by molar-refractivity contribution is -0.119. The fraction of sp³-hybridized carbons (Fsp3) is 0.500. The predicted molar refractivity (Wildman–Crippen MR) is 106 cm³/mol. The largest absolute Gasteiger partial charge is 0.368 e. The number of hydrogen-bond donors (Lipinski definition) is 5. The number of thiocarbonyl (C=S) groups is 1.